The van der Waals surface area contributed by atoms with Gasteiger partial charge in [-0.05, 0) is 42.5 Å². The van der Waals surface area contributed by atoms with Crippen LogP contribution in [0.5, 0.6) is 11.5 Å². The van der Waals surface area contributed by atoms with E-state index in [9.17, 15) is 20.1 Å². The van der Waals surface area contributed by atoms with Gasteiger partial charge in [-0.1, -0.05) is 23.2 Å². The summed E-state index contributed by atoms with van der Waals surface area (Å²) in [6.45, 7) is 0. The Balaban J connectivity index is 1.93. The van der Waals surface area contributed by atoms with Gasteiger partial charge in [0, 0.05) is 11.8 Å². The second-order valence-corrected chi connectivity index (χ2v) is 6.19. The van der Waals surface area contributed by atoms with Gasteiger partial charge >= 0.3 is 0 Å². The Bertz CT molecular complexity index is 997. The van der Waals surface area contributed by atoms with E-state index in [0.717, 1.165) is 6.08 Å². The molecule has 0 saturated heterocycles. The number of aliphatic hydroxyl groups excluding tert-OH is 1. The number of aliphatic imine (C=N–C) groups is 1. The number of benzene rings is 2. The monoisotopic (exact) mass is 390 g/mol. The van der Waals surface area contributed by atoms with Gasteiger partial charge in [0.15, 0.2) is 0 Å². The molecule has 1 aliphatic carbocycles. The lowest BCUT2D eigenvalue weighted by Crippen LogP contribution is -2.18. The molecule has 0 saturated carbocycles. The average Bonchev–Trinajstić information content (AvgIpc) is 2.58. The average molecular weight is 391 g/mol. The third kappa shape index (κ3) is 3.82. The van der Waals surface area contributed by atoms with E-state index in [0.29, 0.717) is 11.4 Å². The normalized spacial score (nSPS) is 15.6. The van der Waals surface area contributed by atoms with E-state index >= 15 is 0 Å². The third-order valence-corrected chi connectivity index (χ3v) is 4.09. The molecule has 0 aliphatic heterocycles. The van der Waals surface area contributed by atoms with Crippen LogP contribution in [0.3, 0.4) is 0 Å². The number of aliphatic hydroxyl groups is 1. The zero-order valence-electron chi connectivity index (χ0n) is 13.1. The molecule has 132 valence electrons. The number of hydrogen-bond acceptors (Lipinski definition) is 6. The minimum atomic E-state index is -0.450. The van der Waals surface area contributed by atoms with Gasteiger partial charge in [-0.2, -0.15) is 0 Å². The lowest BCUT2D eigenvalue weighted by Gasteiger charge is -2.14. The molecule has 26 heavy (non-hydrogen) atoms. The van der Waals surface area contributed by atoms with Crippen molar-refractivity contribution in [2.75, 3.05) is 5.32 Å². The smallest absolute Gasteiger partial charge is 0.205 e. The van der Waals surface area contributed by atoms with Crippen molar-refractivity contribution < 1.29 is 20.1 Å². The van der Waals surface area contributed by atoms with Gasteiger partial charge in [0.2, 0.25) is 5.78 Å². The van der Waals surface area contributed by atoms with Crippen LogP contribution in [0.25, 0.3) is 0 Å². The fourth-order valence-corrected chi connectivity index (χ4v) is 2.54. The molecule has 0 amide bonds. The van der Waals surface area contributed by atoms with E-state index in [1.165, 1.54) is 36.4 Å². The van der Waals surface area contributed by atoms with E-state index in [-0.39, 0.29) is 38.7 Å². The first-order valence-corrected chi connectivity index (χ1v) is 8.09. The number of aromatic hydroxyl groups is 2. The van der Waals surface area contributed by atoms with Crippen LogP contribution in [-0.4, -0.2) is 26.8 Å². The molecular weight excluding hydrogens is 379 g/mol. The van der Waals surface area contributed by atoms with Gasteiger partial charge in [-0.25, -0.2) is 4.99 Å². The summed E-state index contributed by atoms with van der Waals surface area (Å²) < 4.78 is 0. The van der Waals surface area contributed by atoms with Gasteiger partial charge in [0.05, 0.1) is 21.4 Å². The molecular formula is C18H12Cl2N2O4. The maximum absolute atomic E-state index is 12.1. The quantitative estimate of drug-likeness (QED) is 0.456. The molecule has 0 radical (unpaired) electrons. The number of carbonyl (C=O) groups excluding carboxylic acids is 1. The number of nitrogens with one attached hydrogen (secondary N) is 1. The number of carbonyl (C=O) groups is 1. The number of anilines is 1. The van der Waals surface area contributed by atoms with Crippen LogP contribution >= 0.6 is 23.2 Å². The number of phenols is 2. The minimum absolute atomic E-state index is 0.0785. The fourth-order valence-electron chi connectivity index (χ4n) is 2.19. The number of hydrogen-bond donors (Lipinski definition) is 4. The molecule has 0 unspecified atom stereocenters. The van der Waals surface area contributed by atoms with Crippen LogP contribution in [-0.2, 0) is 4.79 Å². The largest absolute Gasteiger partial charge is 0.506 e. The Hall–Kier alpha value is -2.96. The molecule has 2 aromatic carbocycles. The predicted octanol–water partition coefficient (Wildman–Crippen LogP) is 4.50. The highest BCUT2D eigenvalue weighted by Gasteiger charge is 2.19. The zero-order chi connectivity index (χ0) is 18.8. The third-order valence-electron chi connectivity index (χ3n) is 3.48. The van der Waals surface area contributed by atoms with Crippen molar-refractivity contribution in [3.8, 4) is 11.5 Å². The van der Waals surface area contributed by atoms with Crippen molar-refractivity contribution in [1.29, 1.82) is 0 Å². The van der Waals surface area contributed by atoms with Crippen molar-refractivity contribution in [3.63, 3.8) is 0 Å². The zero-order valence-corrected chi connectivity index (χ0v) is 14.6. The maximum atomic E-state index is 12.1. The molecule has 0 fully saturated rings. The summed E-state index contributed by atoms with van der Waals surface area (Å²) in [5, 5.41) is 32.0. The van der Waals surface area contributed by atoms with Crippen LogP contribution in [0.2, 0.25) is 10.0 Å². The standard InChI is InChI=1S/C18H12Cl2N2O4/c19-11-5-9(1-3-15(11)23)21-13-7-14(18(26)8-17(13)25)22-10-2-4-16(24)12(20)6-10/h1-8,21,23-24,26H/b22-14+. The molecule has 0 atom stereocenters. The number of halogens is 2. The summed E-state index contributed by atoms with van der Waals surface area (Å²) in [7, 11) is 0. The van der Waals surface area contributed by atoms with E-state index in [4.69, 9.17) is 23.2 Å². The Morgan fingerprint density at radius 3 is 2.19 bits per heavy atom. The van der Waals surface area contributed by atoms with Crippen LogP contribution in [0.15, 0.2) is 65.0 Å². The molecule has 0 bridgehead atoms. The molecule has 0 spiro atoms. The first-order chi connectivity index (χ1) is 12.3. The second-order valence-electron chi connectivity index (χ2n) is 5.38. The Morgan fingerprint density at radius 2 is 1.54 bits per heavy atom. The lowest BCUT2D eigenvalue weighted by molar-refractivity contribution is -0.111. The van der Waals surface area contributed by atoms with Gasteiger partial charge in [0.25, 0.3) is 0 Å². The summed E-state index contributed by atoms with van der Waals surface area (Å²) in [4.78, 5) is 16.3. The molecule has 0 aromatic heterocycles. The highest BCUT2D eigenvalue weighted by molar-refractivity contribution is 6.32. The minimum Gasteiger partial charge on any atom is -0.506 e. The summed E-state index contributed by atoms with van der Waals surface area (Å²) in [5.74, 6) is -0.913. The van der Waals surface area contributed by atoms with Crippen molar-refractivity contribution >= 4 is 46.1 Å². The van der Waals surface area contributed by atoms with Crippen LogP contribution < -0.4 is 5.32 Å². The molecule has 4 N–H and O–H groups in total. The number of rotatable bonds is 3. The molecule has 8 heteroatoms. The van der Waals surface area contributed by atoms with E-state index in [1.54, 1.807) is 6.07 Å². The SMILES string of the molecule is O=C1C=C(O)/C(=N/c2ccc(O)c(Cl)c2)C=C1Nc1ccc(O)c(Cl)c1. The number of phenolic OH excluding ortho intramolecular Hbond substituents is 2. The molecule has 3 rings (SSSR count). The van der Waals surface area contributed by atoms with Crippen LogP contribution in [0, 0.1) is 0 Å². The Kier molecular flexibility index (Phi) is 4.88. The Morgan fingerprint density at radius 1 is 0.885 bits per heavy atom. The molecule has 6 nitrogen and oxygen atoms in total. The summed E-state index contributed by atoms with van der Waals surface area (Å²) in [6, 6.07) is 8.70. The van der Waals surface area contributed by atoms with E-state index in [1.807, 2.05) is 0 Å². The molecule has 2 aromatic rings. The topological polar surface area (TPSA) is 102 Å². The Labute approximate surface area is 158 Å². The first kappa shape index (κ1) is 17.8. The lowest BCUT2D eigenvalue weighted by atomic mass is 10.1. The van der Waals surface area contributed by atoms with Crippen molar-refractivity contribution in [3.05, 3.63) is 70.1 Å². The van der Waals surface area contributed by atoms with Gasteiger partial charge < -0.3 is 20.6 Å². The number of allylic oxidation sites excluding steroid dienone is 2. The van der Waals surface area contributed by atoms with E-state index < -0.39 is 5.78 Å². The van der Waals surface area contributed by atoms with Gasteiger partial charge in [-0.3, -0.25) is 4.79 Å². The number of ketones is 1. The van der Waals surface area contributed by atoms with Crippen molar-refractivity contribution in [2.24, 2.45) is 4.99 Å². The highest BCUT2D eigenvalue weighted by atomic mass is 35.5. The van der Waals surface area contributed by atoms with Crippen molar-refractivity contribution in [1.82, 2.24) is 0 Å². The van der Waals surface area contributed by atoms with Crippen LogP contribution in [0.1, 0.15) is 0 Å². The summed E-state index contributed by atoms with van der Waals surface area (Å²) in [6.07, 6.45) is 2.41. The van der Waals surface area contributed by atoms with Gasteiger partial charge in [0.1, 0.15) is 23.0 Å². The predicted molar refractivity (Wildman–Crippen MR) is 101 cm³/mol. The summed E-state index contributed by atoms with van der Waals surface area (Å²) in [5.41, 5.74) is 1.17. The fraction of sp³-hybridized carbons (Fsp3) is 0. The first-order valence-electron chi connectivity index (χ1n) is 7.33. The highest BCUT2D eigenvalue weighted by Crippen LogP contribution is 2.29. The van der Waals surface area contributed by atoms with Gasteiger partial charge in [-0.15, -0.1) is 0 Å². The molecule has 0 heterocycles. The summed E-state index contributed by atoms with van der Waals surface area (Å²) >= 11 is 11.7. The maximum Gasteiger partial charge on any atom is 0.205 e. The number of nitrogens with zero attached hydrogens (tertiary/aromatic N) is 1. The molecule has 1 aliphatic rings. The van der Waals surface area contributed by atoms with Crippen LogP contribution in [0.4, 0.5) is 11.4 Å². The van der Waals surface area contributed by atoms with Crippen molar-refractivity contribution in [2.45, 2.75) is 0 Å². The second kappa shape index (κ2) is 7.11. The van der Waals surface area contributed by atoms with E-state index in [2.05, 4.69) is 10.3 Å².